The van der Waals surface area contributed by atoms with Crippen LogP contribution < -0.4 is 10.6 Å². The zero-order valence-electron chi connectivity index (χ0n) is 15.7. The van der Waals surface area contributed by atoms with Crippen molar-refractivity contribution in [2.75, 3.05) is 25.0 Å². The third-order valence-corrected chi connectivity index (χ3v) is 3.66. The van der Waals surface area contributed by atoms with Crippen LogP contribution in [0.5, 0.6) is 0 Å². The highest BCUT2D eigenvalue weighted by atomic mass is 16.6. The number of ether oxygens (including phenoxy) is 2. The fourth-order valence-electron chi connectivity index (χ4n) is 2.32. The van der Waals surface area contributed by atoms with Crippen LogP contribution in [0.4, 0.5) is 10.5 Å². The first-order chi connectivity index (χ1) is 14.1. The molecule has 150 valence electrons. The van der Waals surface area contributed by atoms with Gasteiger partial charge in [0, 0.05) is 5.69 Å². The Balaban J connectivity index is 1.89. The van der Waals surface area contributed by atoms with Crippen LogP contribution in [0, 0.1) is 6.57 Å². The van der Waals surface area contributed by atoms with Gasteiger partial charge in [0.05, 0.1) is 13.0 Å². The Kier molecular flexibility index (Phi) is 8.70. The predicted molar refractivity (Wildman–Crippen MR) is 106 cm³/mol. The van der Waals surface area contributed by atoms with Crippen molar-refractivity contribution in [3.05, 3.63) is 77.6 Å². The van der Waals surface area contributed by atoms with E-state index in [0.29, 0.717) is 5.69 Å². The molecule has 1 atom stereocenters. The van der Waals surface area contributed by atoms with Crippen LogP contribution in [-0.4, -0.2) is 43.8 Å². The molecule has 0 saturated heterocycles. The van der Waals surface area contributed by atoms with Crippen LogP contribution in [0.25, 0.3) is 4.85 Å². The summed E-state index contributed by atoms with van der Waals surface area (Å²) in [6.45, 7) is 6.04. The van der Waals surface area contributed by atoms with Crippen LogP contribution in [0.1, 0.15) is 5.56 Å². The molecule has 0 bridgehead atoms. The average Bonchev–Trinajstić information content (AvgIpc) is 2.71. The van der Waals surface area contributed by atoms with Gasteiger partial charge in [0.1, 0.15) is 6.61 Å². The first-order valence-electron chi connectivity index (χ1n) is 8.89. The third-order valence-electron chi connectivity index (χ3n) is 3.66. The van der Waals surface area contributed by atoms with Gasteiger partial charge in [0.25, 0.3) is 12.5 Å². The van der Waals surface area contributed by atoms with Crippen LogP contribution in [0.2, 0.25) is 0 Å². The SMILES string of the molecule is [C-]#[N+]CC(=O)NCC(COC(=O)Nc1ccccc1)OC(=O)Cc1ccccc1. The van der Waals surface area contributed by atoms with Crippen LogP contribution in [0.3, 0.4) is 0 Å². The summed E-state index contributed by atoms with van der Waals surface area (Å²) in [7, 11) is 0. The van der Waals surface area contributed by atoms with E-state index in [9.17, 15) is 14.4 Å². The second kappa shape index (κ2) is 11.8. The van der Waals surface area contributed by atoms with Crippen molar-refractivity contribution >= 4 is 23.7 Å². The maximum atomic E-state index is 12.2. The molecule has 0 heterocycles. The Hall–Kier alpha value is -3.86. The molecule has 8 heteroatoms. The summed E-state index contributed by atoms with van der Waals surface area (Å²) in [5.41, 5.74) is 1.33. The molecule has 0 radical (unpaired) electrons. The van der Waals surface area contributed by atoms with E-state index in [0.717, 1.165) is 5.56 Å². The third kappa shape index (κ3) is 8.58. The molecule has 2 N–H and O–H groups in total. The number of amides is 2. The van der Waals surface area contributed by atoms with Gasteiger partial charge < -0.3 is 19.6 Å². The minimum atomic E-state index is -0.887. The first kappa shape index (κ1) is 21.4. The predicted octanol–water partition coefficient (Wildman–Crippen LogP) is 2.43. The van der Waals surface area contributed by atoms with E-state index >= 15 is 0 Å². The molecule has 0 aliphatic heterocycles. The lowest BCUT2D eigenvalue weighted by molar-refractivity contribution is -0.150. The van der Waals surface area contributed by atoms with Crippen LogP contribution in [-0.2, 0) is 25.5 Å². The molecule has 2 rings (SSSR count). The number of anilines is 1. The van der Waals surface area contributed by atoms with Crippen LogP contribution in [0.15, 0.2) is 60.7 Å². The Morgan fingerprint density at radius 2 is 1.66 bits per heavy atom. The van der Waals surface area contributed by atoms with E-state index in [1.54, 1.807) is 36.4 Å². The Morgan fingerprint density at radius 3 is 2.31 bits per heavy atom. The summed E-state index contributed by atoms with van der Waals surface area (Å²) >= 11 is 0. The van der Waals surface area contributed by atoms with Gasteiger partial charge in [-0.2, -0.15) is 0 Å². The maximum absolute atomic E-state index is 12.2. The molecular formula is C21H21N3O5. The largest absolute Gasteiger partial charge is 0.457 e. The number of para-hydroxylation sites is 1. The highest BCUT2D eigenvalue weighted by Gasteiger charge is 2.19. The lowest BCUT2D eigenvalue weighted by Gasteiger charge is -2.18. The molecule has 0 aliphatic rings. The Labute approximate surface area is 168 Å². The summed E-state index contributed by atoms with van der Waals surface area (Å²) in [6.07, 6.45) is -1.56. The van der Waals surface area contributed by atoms with Crippen molar-refractivity contribution in [1.82, 2.24) is 5.32 Å². The molecule has 0 saturated carbocycles. The highest BCUT2D eigenvalue weighted by molar-refractivity contribution is 5.84. The molecule has 2 aromatic rings. The summed E-state index contributed by atoms with van der Waals surface area (Å²) < 4.78 is 10.5. The highest BCUT2D eigenvalue weighted by Crippen LogP contribution is 2.07. The molecule has 8 nitrogen and oxygen atoms in total. The number of rotatable bonds is 9. The normalized spacial score (nSPS) is 10.9. The van der Waals surface area contributed by atoms with E-state index in [2.05, 4.69) is 15.5 Å². The lowest BCUT2D eigenvalue weighted by Crippen LogP contribution is -2.39. The number of nitrogens with zero attached hydrogens (tertiary/aromatic N) is 1. The van der Waals surface area contributed by atoms with Crippen molar-refractivity contribution in [1.29, 1.82) is 0 Å². The van der Waals surface area contributed by atoms with Gasteiger partial charge >= 0.3 is 12.1 Å². The minimum absolute atomic E-state index is 0.0452. The zero-order valence-corrected chi connectivity index (χ0v) is 15.7. The van der Waals surface area contributed by atoms with Gasteiger partial charge in [-0.05, 0) is 17.7 Å². The maximum Gasteiger partial charge on any atom is 0.411 e. The van der Waals surface area contributed by atoms with E-state index in [4.69, 9.17) is 16.0 Å². The zero-order chi connectivity index (χ0) is 20.9. The number of nitrogens with one attached hydrogen (secondary N) is 2. The summed E-state index contributed by atoms with van der Waals surface area (Å²) in [5, 5.41) is 5.03. The van der Waals surface area contributed by atoms with Gasteiger partial charge in [-0.25, -0.2) is 11.4 Å². The molecule has 2 aromatic carbocycles. The molecule has 0 aromatic heterocycles. The summed E-state index contributed by atoms with van der Waals surface area (Å²) in [5.74, 6) is -1.02. The van der Waals surface area contributed by atoms with Gasteiger partial charge in [0.15, 0.2) is 6.10 Å². The number of hydrogen-bond acceptors (Lipinski definition) is 5. The molecule has 29 heavy (non-hydrogen) atoms. The van der Waals surface area contributed by atoms with Crippen molar-refractivity contribution in [3.8, 4) is 0 Å². The standard InChI is InChI=1S/C21H21N3O5/c1-22-14-19(25)23-13-18(29-20(26)12-16-8-4-2-5-9-16)15-28-21(27)24-17-10-6-3-7-11-17/h2-11,18H,12-15H2,(H,23,25)(H,24,27). The summed E-state index contributed by atoms with van der Waals surface area (Å²) in [4.78, 5) is 38.6. The van der Waals surface area contributed by atoms with E-state index in [1.165, 1.54) is 0 Å². The molecule has 0 fully saturated rings. The summed E-state index contributed by atoms with van der Waals surface area (Å²) in [6, 6.07) is 17.8. The molecule has 0 aliphatic carbocycles. The molecule has 1 unspecified atom stereocenters. The van der Waals surface area contributed by atoms with Gasteiger partial charge in [-0.3, -0.25) is 14.9 Å². The lowest BCUT2D eigenvalue weighted by atomic mass is 10.1. The van der Waals surface area contributed by atoms with Crippen molar-refractivity contribution in [3.63, 3.8) is 0 Å². The van der Waals surface area contributed by atoms with Gasteiger partial charge in [-0.1, -0.05) is 48.5 Å². The van der Waals surface area contributed by atoms with E-state index in [1.807, 2.05) is 24.3 Å². The van der Waals surface area contributed by atoms with Crippen LogP contribution >= 0.6 is 0 Å². The average molecular weight is 395 g/mol. The van der Waals surface area contributed by atoms with E-state index < -0.39 is 24.1 Å². The minimum Gasteiger partial charge on any atom is -0.457 e. The smallest absolute Gasteiger partial charge is 0.411 e. The molecular weight excluding hydrogens is 374 g/mol. The fraction of sp³-hybridized carbons (Fsp3) is 0.238. The Morgan fingerprint density at radius 1 is 1.00 bits per heavy atom. The first-order valence-corrected chi connectivity index (χ1v) is 8.89. The van der Waals surface area contributed by atoms with Crippen molar-refractivity contribution in [2.24, 2.45) is 0 Å². The fourth-order valence-corrected chi connectivity index (χ4v) is 2.32. The number of hydrogen-bond donors (Lipinski definition) is 2. The second-order valence-corrected chi connectivity index (χ2v) is 5.98. The number of carbonyl (C=O) groups is 3. The van der Waals surface area contributed by atoms with Crippen molar-refractivity contribution in [2.45, 2.75) is 12.5 Å². The quantitative estimate of drug-likeness (QED) is 0.502. The molecule has 2 amide bonds. The monoisotopic (exact) mass is 395 g/mol. The number of esters is 1. The number of benzene rings is 2. The topological polar surface area (TPSA) is 98.1 Å². The molecule has 0 spiro atoms. The van der Waals surface area contributed by atoms with Gasteiger partial charge in [0.2, 0.25) is 0 Å². The van der Waals surface area contributed by atoms with Crippen molar-refractivity contribution < 1.29 is 23.9 Å². The van der Waals surface area contributed by atoms with E-state index in [-0.39, 0.29) is 26.1 Å². The second-order valence-electron chi connectivity index (χ2n) is 5.98. The Bertz CT molecular complexity index is 850. The van der Waals surface area contributed by atoms with Gasteiger partial charge in [-0.15, -0.1) is 0 Å². The number of carbonyl (C=O) groups excluding carboxylic acids is 3.